The minimum Gasteiger partial charge on any atom is -0.478 e. The number of aliphatic carboxylic acids is 1. The third kappa shape index (κ3) is 5.74. The molecule has 2 aliphatic carbocycles. The van der Waals surface area contributed by atoms with E-state index in [0.717, 1.165) is 18.4 Å². The first-order valence-electron chi connectivity index (χ1n) is 14.1. The molecule has 0 amide bonds. The van der Waals surface area contributed by atoms with E-state index in [-0.39, 0.29) is 47.8 Å². The molecular weight excluding hydrogens is 520 g/mol. The van der Waals surface area contributed by atoms with E-state index in [2.05, 4.69) is 0 Å². The number of carboxylic acid groups (broad SMARTS) is 1. The molecule has 4 rings (SSSR count). The third-order valence-corrected chi connectivity index (χ3v) is 9.19. The van der Waals surface area contributed by atoms with Gasteiger partial charge >= 0.3 is 23.9 Å². The number of carbonyl (C=O) groups excluding carboxylic acids is 3. The standard InChI is InChI=1S/C30H40O10/c1-15(2)20-6-5-17-12-38-28(35)24(17)22(20)9-18(11-31)27(34)40-14-30(37)8-7-21(16(3)4)23-10-19(26(32)33)13-39-29(36)25(23)30/h9-10,15-16,20-23,25,31,37H,5-8,11-14H2,1-4H3,(H,32,33)/b18-9+/t20-,21-,22-,23-,25-,30-/m1/s1. The summed E-state index contributed by atoms with van der Waals surface area (Å²) < 4.78 is 16.0. The summed E-state index contributed by atoms with van der Waals surface area (Å²) in [6.07, 6.45) is 5.29. The quantitative estimate of drug-likeness (QED) is 0.229. The molecule has 10 nitrogen and oxygen atoms in total. The second kappa shape index (κ2) is 11.9. The van der Waals surface area contributed by atoms with Crippen molar-refractivity contribution in [1.82, 2.24) is 0 Å². The van der Waals surface area contributed by atoms with Crippen LogP contribution in [0.3, 0.4) is 0 Å². The number of rotatable bonds is 8. The summed E-state index contributed by atoms with van der Waals surface area (Å²) in [6, 6.07) is 0. The molecule has 40 heavy (non-hydrogen) atoms. The fourth-order valence-electron chi connectivity index (χ4n) is 6.96. The normalized spacial score (nSPS) is 32.6. The molecule has 2 heterocycles. The van der Waals surface area contributed by atoms with Crippen LogP contribution in [0.1, 0.15) is 53.4 Å². The van der Waals surface area contributed by atoms with Gasteiger partial charge in [0.15, 0.2) is 0 Å². The molecule has 6 atom stereocenters. The smallest absolute Gasteiger partial charge is 0.336 e. The SMILES string of the molecule is CC(C)[C@H]1CC[C@@](O)(COC(=O)/C(=C/[C@H]2C3=C(CC[C@@H]2C(C)C)COC3=O)CO)[C@H]2C(=O)OCC(C(=O)O)=C[C@H]12. The number of allylic oxidation sites excluding steroid dienone is 2. The molecule has 3 N–H and O–H groups in total. The second-order valence-electron chi connectivity index (χ2n) is 12.2. The molecule has 220 valence electrons. The number of fused-ring (bicyclic) bond motifs is 1. The van der Waals surface area contributed by atoms with Crippen molar-refractivity contribution in [3.05, 3.63) is 34.4 Å². The molecule has 0 saturated heterocycles. The minimum absolute atomic E-state index is 0.0448. The number of carbonyl (C=O) groups is 4. The van der Waals surface area contributed by atoms with Gasteiger partial charge < -0.3 is 29.5 Å². The highest BCUT2D eigenvalue weighted by molar-refractivity contribution is 5.94. The summed E-state index contributed by atoms with van der Waals surface area (Å²) in [6.45, 7) is 6.71. The molecule has 0 aromatic carbocycles. The highest BCUT2D eigenvalue weighted by Crippen LogP contribution is 2.48. The molecule has 0 aromatic rings. The van der Waals surface area contributed by atoms with E-state index in [1.807, 2.05) is 27.7 Å². The van der Waals surface area contributed by atoms with Gasteiger partial charge in [-0.25, -0.2) is 14.4 Å². The summed E-state index contributed by atoms with van der Waals surface area (Å²) in [7, 11) is 0. The van der Waals surface area contributed by atoms with Gasteiger partial charge in [0.1, 0.15) is 25.4 Å². The van der Waals surface area contributed by atoms with Crippen LogP contribution in [0.2, 0.25) is 0 Å². The molecule has 0 aromatic heterocycles. The number of aliphatic hydroxyl groups excluding tert-OH is 1. The number of esters is 3. The van der Waals surface area contributed by atoms with Crippen LogP contribution in [-0.2, 0) is 33.4 Å². The topological polar surface area (TPSA) is 157 Å². The molecule has 4 aliphatic rings. The van der Waals surface area contributed by atoms with E-state index < -0.39 is 67.1 Å². The van der Waals surface area contributed by atoms with Gasteiger partial charge in [-0.1, -0.05) is 39.8 Å². The van der Waals surface area contributed by atoms with E-state index in [4.69, 9.17) is 14.2 Å². The van der Waals surface area contributed by atoms with Crippen molar-refractivity contribution < 1.29 is 48.7 Å². The highest BCUT2D eigenvalue weighted by Gasteiger charge is 2.54. The van der Waals surface area contributed by atoms with Gasteiger partial charge in [-0.15, -0.1) is 0 Å². The van der Waals surface area contributed by atoms with Gasteiger partial charge in [-0.05, 0) is 60.8 Å². The molecular formula is C30H40O10. The number of aliphatic hydroxyl groups is 2. The number of hydrogen-bond acceptors (Lipinski definition) is 9. The lowest BCUT2D eigenvalue weighted by molar-refractivity contribution is -0.181. The summed E-state index contributed by atoms with van der Waals surface area (Å²) in [4.78, 5) is 50.5. The van der Waals surface area contributed by atoms with Crippen molar-refractivity contribution in [1.29, 1.82) is 0 Å². The highest BCUT2D eigenvalue weighted by atomic mass is 16.6. The van der Waals surface area contributed by atoms with E-state index in [1.165, 1.54) is 6.08 Å². The van der Waals surface area contributed by atoms with Crippen LogP contribution in [0.5, 0.6) is 0 Å². The van der Waals surface area contributed by atoms with Crippen LogP contribution in [0.4, 0.5) is 0 Å². The Bertz CT molecular complexity index is 1150. The lowest BCUT2D eigenvalue weighted by Gasteiger charge is -2.46. The molecule has 1 fully saturated rings. The molecule has 0 spiro atoms. The summed E-state index contributed by atoms with van der Waals surface area (Å²) in [5, 5.41) is 31.3. The Morgan fingerprint density at radius 1 is 1.10 bits per heavy atom. The van der Waals surface area contributed by atoms with Crippen LogP contribution in [0, 0.1) is 41.4 Å². The van der Waals surface area contributed by atoms with E-state index >= 15 is 0 Å². The maximum absolute atomic E-state index is 13.2. The van der Waals surface area contributed by atoms with Crippen LogP contribution < -0.4 is 0 Å². The number of carboxylic acids is 1. The fourth-order valence-corrected chi connectivity index (χ4v) is 6.96. The number of cyclic esters (lactones) is 2. The first-order chi connectivity index (χ1) is 18.9. The molecule has 1 saturated carbocycles. The van der Waals surface area contributed by atoms with Crippen molar-refractivity contribution >= 4 is 23.9 Å². The van der Waals surface area contributed by atoms with Crippen LogP contribution >= 0.6 is 0 Å². The Kier molecular flexibility index (Phi) is 8.89. The van der Waals surface area contributed by atoms with E-state index in [0.29, 0.717) is 12.0 Å². The lowest BCUT2D eigenvalue weighted by atomic mass is 9.61. The predicted octanol–water partition coefficient (Wildman–Crippen LogP) is 2.58. The van der Waals surface area contributed by atoms with Crippen molar-refractivity contribution in [2.45, 2.75) is 59.0 Å². The molecule has 0 bridgehead atoms. The van der Waals surface area contributed by atoms with Gasteiger partial charge in [0.25, 0.3) is 0 Å². The maximum atomic E-state index is 13.2. The summed E-state index contributed by atoms with van der Waals surface area (Å²) in [5.41, 5.74) is -0.429. The zero-order valence-corrected chi connectivity index (χ0v) is 23.6. The maximum Gasteiger partial charge on any atom is 0.336 e. The van der Waals surface area contributed by atoms with Crippen LogP contribution in [0.25, 0.3) is 0 Å². The van der Waals surface area contributed by atoms with Crippen LogP contribution in [-0.4, -0.2) is 71.2 Å². The van der Waals surface area contributed by atoms with Crippen molar-refractivity contribution in [2.75, 3.05) is 26.4 Å². The Hall–Kier alpha value is -2.98. The Morgan fingerprint density at radius 3 is 2.42 bits per heavy atom. The second-order valence-corrected chi connectivity index (χ2v) is 12.2. The van der Waals surface area contributed by atoms with Gasteiger partial charge in [0.05, 0.1) is 23.7 Å². The van der Waals surface area contributed by atoms with Gasteiger partial charge in [0.2, 0.25) is 0 Å². The Balaban J connectivity index is 1.58. The average Bonchev–Trinajstić information content (AvgIpc) is 3.18. The zero-order valence-electron chi connectivity index (χ0n) is 23.6. The Labute approximate surface area is 234 Å². The van der Waals surface area contributed by atoms with Crippen LogP contribution in [0.15, 0.2) is 34.4 Å². The van der Waals surface area contributed by atoms with Crippen molar-refractivity contribution in [3.8, 4) is 0 Å². The average molecular weight is 561 g/mol. The zero-order chi connectivity index (χ0) is 29.4. The summed E-state index contributed by atoms with van der Waals surface area (Å²) >= 11 is 0. The van der Waals surface area contributed by atoms with Gasteiger partial charge in [-0.2, -0.15) is 0 Å². The Morgan fingerprint density at radius 2 is 1.80 bits per heavy atom. The summed E-state index contributed by atoms with van der Waals surface area (Å²) in [5.74, 6) is -5.05. The predicted molar refractivity (Wildman–Crippen MR) is 141 cm³/mol. The molecule has 0 unspecified atom stereocenters. The van der Waals surface area contributed by atoms with E-state index in [1.54, 1.807) is 6.08 Å². The first-order valence-corrected chi connectivity index (χ1v) is 14.1. The fraction of sp³-hybridized carbons (Fsp3) is 0.667. The number of hydrogen-bond donors (Lipinski definition) is 3. The first kappa shape index (κ1) is 30.0. The molecule has 10 heteroatoms. The van der Waals surface area contributed by atoms with Crippen molar-refractivity contribution in [2.24, 2.45) is 41.4 Å². The van der Waals surface area contributed by atoms with Gasteiger partial charge in [0, 0.05) is 11.5 Å². The minimum atomic E-state index is -1.79. The third-order valence-electron chi connectivity index (χ3n) is 9.19. The number of ether oxygens (including phenoxy) is 3. The van der Waals surface area contributed by atoms with Crippen molar-refractivity contribution in [3.63, 3.8) is 0 Å². The largest absolute Gasteiger partial charge is 0.478 e. The lowest BCUT2D eigenvalue weighted by Crippen LogP contribution is -2.55. The molecule has 2 aliphatic heterocycles. The molecule has 0 radical (unpaired) electrons. The monoisotopic (exact) mass is 560 g/mol. The van der Waals surface area contributed by atoms with Gasteiger partial charge in [-0.3, -0.25) is 4.79 Å². The van der Waals surface area contributed by atoms with E-state index in [9.17, 15) is 34.5 Å².